The Morgan fingerprint density at radius 1 is 1.06 bits per heavy atom. The van der Waals surface area contributed by atoms with Gasteiger partial charge in [-0.1, -0.05) is 35.8 Å². The molecule has 0 saturated heterocycles. The molecule has 0 aromatic heterocycles. The molecule has 1 N–H and O–H groups in total. The van der Waals surface area contributed by atoms with Crippen molar-refractivity contribution in [2.24, 2.45) is 40.4 Å². The lowest BCUT2D eigenvalue weighted by atomic mass is 9.44. The maximum atomic E-state index is 13.1. The van der Waals surface area contributed by atoms with E-state index in [-0.39, 0.29) is 6.10 Å². The van der Waals surface area contributed by atoms with Crippen LogP contribution in [0.25, 0.3) is 0 Å². The Labute approximate surface area is 220 Å². The molecule has 4 saturated carbocycles. The van der Waals surface area contributed by atoms with Gasteiger partial charge in [-0.05, 0) is 135 Å². The zero-order valence-electron chi connectivity index (χ0n) is 21.8. The van der Waals surface area contributed by atoms with Gasteiger partial charge < -0.3 is 10.0 Å². The standard InChI is InChI=1S/C31H44BrNO2/c1-30-16-13-27-25(10-7-22-18-24(34)12-15-31(22,27)2)26(30)11-8-21(30)4-3-5-29(35)33-17-14-20-6-9-23(32)19-28(20)33/h6,9,19,21-22,24-27,34H,3-5,7-8,10-18H2,1-2H3/t21?,22?,24-,25?,26?,27?,30?,31?/m1/s1. The summed E-state index contributed by atoms with van der Waals surface area (Å²) in [6.07, 6.45) is 15.5. The lowest BCUT2D eigenvalue weighted by molar-refractivity contribution is -0.127. The van der Waals surface area contributed by atoms with Gasteiger partial charge in [-0.2, -0.15) is 0 Å². The third kappa shape index (κ3) is 4.04. The fraction of sp³-hybridized carbons (Fsp3) is 0.774. The average molecular weight is 543 g/mol. The second kappa shape index (κ2) is 9.15. The van der Waals surface area contributed by atoms with Crippen LogP contribution < -0.4 is 4.90 Å². The highest BCUT2D eigenvalue weighted by molar-refractivity contribution is 9.10. The quantitative estimate of drug-likeness (QED) is 0.427. The first-order valence-corrected chi connectivity index (χ1v) is 15.4. The van der Waals surface area contributed by atoms with E-state index in [1.807, 2.05) is 4.90 Å². The number of aliphatic hydroxyl groups is 1. The molecule has 1 amide bonds. The number of hydrogen-bond acceptors (Lipinski definition) is 2. The van der Waals surface area contributed by atoms with E-state index in [4.69, 9.17) is 0 Å². The van der Waals surface area contributed by atoms with Crippen molar-refractivity contribution < 1.29 is 9.90 Å². The zero-order valence-corrected chi connectivity index (χ0v) is 23.4. The van der Waals surface area contributed by atoms with E-state index in [9.17, 15) is 9.90 Å². The van der Waals surface area contributed by atoms with Crippen LogP contribution in [0.15, 0.2) is 22.7 Å². The molecule has 1 aliphatic heterocycles. The molecular formula is C31H44BrNO2. The van der Waals surface area contributed by atoms with Crippen LogP contribution in [0.2, 0.25) is 0 Å². The fourth-order valence-corrected chi connectivity index (χ4v) is 10.4. The number of nitrogens with zero attached hydrogens (tertiary/aromatic N) is 1. The highest BCUT2D eigenvalue weighted by Crippen LogP contribution is 2.67. The number of carbonyl (C=O) groups is 1. The molecule has 4 fully saturated rings. The summed E-state index contributed by atoms with van der Waals surface area (Å²) in [5.41, 5.74) is 3.37. The van der Waals surface area contributed by atoms with E-state index in [0.717, 1.165) is 72.0 Å². The van der Waals surface area contributed by atoms with Crippen LogP contribution in [-0.4, -0.2) is 23.7 Å². The number of hydrogen-bond donors (Lipinski definition) is 1. The maximum Gasteiger partial charge on any atom is 0.226 e. The molecule has 7 unspecified atom stereocenters. The van der Waals surface area contributed by atoms with Crippen molar-refractivity contribution in [2.45, 2.75) is 103 Å². The van der Waals surface area contributed by atoms with Gasteiger partial charge >= 0.3 is 0 Å². The number of benzene rings is 1. The first-order valence-electron chi connectivity index (χ1n) is 14.6. The monoisotopic (exact) mass is 541 g/mol. The Kier molecular flexibility index (Phi) is 6.40. The number of fused-ring (bicyclic) bond motifs is 6. The molecule has 5 aliphatic rings. The minimum atomic E-state index is -0.0485. The number of rotatable bonds is 4. The SMILES string of the molecule is CC12CCC3C(CCC4C[C@H](O)CCC43C)C1CCC2CCCC(=O)N1CCc2ccc(Br)cc21. The molecule has 4 heteroatoms. The molecule has 3 nitrogen and oxygen atoms in total. The van der Waals surface area contributed by atoms with E-state index in [2.05, 4.69) is 48.0 Å². The largest absolute Gasteiger partial charge is 0.393 e. The van der Waals surface area contributed by atoms with Crippen molar-refractivity contribution >= 4 is 27.5 Å². The predicted molar refractivity (Wildman–Crippen MR) is 145 cm³/mol. The maximum absolute atomic E-state index is 13.1. The number of amides is 1. The van der Waals surface area contributed by atoms with Crippen LogP contribution in [-0.2, 0) is 11.2 Å². The Bertz CT molecular complexity index is 979. The number of anilines is 1. The molecule has 1 aromatic rings. The highest BCUT2D eigenvalue weighted by Gasteiger charge is 2.59. The fourth-order valence-electron chi connectivity index (χ4n) is 10.1. The topological polar surface area (TPSA) is 40.5 Å². The molecule has 4 aliphatic carbocycles. The van der Waals surface area contributed by atoms with Crippen LogP contribution in [0.5, 0.6) is 0 Å². The normalized spacial score (nSPS) is 42.2. The van der Waals surface area contributed by atoms with Crippen LogP contribution in [0.1, 0.15) is 96.5 Å². The van der Waals surface area contributed by atoms with Crippen LogP contribution in [0, 0.1) is 40.4 Å². The molecular weight excluding hydrogens is 498 g/mol. The number of halogens is 1. The molecule has 0 bridgehead atoms. The third-order valence-electron chi connectivity index (χ3n) is 12.0. The summed E-state index contributed by atoms with van der Waals surface area (Å²) in [5, 5.41) is 10.3. The van der Waals surface area contributed by atoms with Crippen LogP contribution in [0.4, 0.5) is 5.69 Å². The van der Waals surface area contributed by atoms with Gasteiger partial charge in [0.25, 0.3) is 0 Å². The third-order valence-corrected chi connectivity index (χ3v) is 12.5. The minimum absolute atomic E-state index is 0.0485. The first kappa shape index (κ1) is 24.5. The summed E-state index contributed by atoms with van der Waals surface area (Å²) in [7, 11) is 0. The lowest BCUT2D eigenvalue weighted by Gasteiger charge is -2.61. The molecule has 35 heavy (non-hydrogen) atoms. The second-order valence-corrected chi connectivity index (χ2v) is 14.3. The molecule has 1 heterocycles. The van der Waals surface area contributed by atoms with Gasteiger partial charge in [-0.25, -0.2) is 0 Å². The molecule has 0 spiro atoms. The Balaban J connectivity index is 1.08. The summed E-state index contributed by atoms with van der Waals surface area (Å²) >= 11 is 3.58. The van der Waals surface area contributed by atoms with Gasteiger partial charge in [0.2, 0.25) is 5.91 Å². The summed E-state index contributed by atoms with van der Waals surface area (Å²) < 4.78 is 1.06. The predicted octanol–water partition coefficient (Wildman–Crippen LogP) is 7.53. The van der Waals surface area contributed by atoms with Crippen molar-refractivity contribution in [3.05, 3.63) is 28.2 Å². The van der Waals surface area contributed by atoms with E-state index in [0.29, 0.717) is 23.2 Å². The van der Waals surface area contributed by atoms with E-state index >= 15 is 0 Å². The van der Waals surface area contributed by atoms with Gasteiger partial charge in [-0.15, -0.1) is 0 Å². The first-order chi connectivity index (χ1) is 16.8. The van der Waals surface area contributed by atoms with Crippen molar-refractivity contribution in [1.29, 1.82) is 0 Å². The van der Waals surface area contributed by atoms with E-state index in [1.165, 1.54) is 56.9 Å². The zero-order chi connectivity index (χ0) is 24.4. The minimum Gasteiger partial charge on any atom is -0.393 e. The molecule has 8 atom stereocenters. The van der Waals surface area contributed by atoms with Crippen molar-refractivity contribution in [1.82, 2.24) is 0 Å². The Morgan fingerprint density at radius 2 is 1.86 bits per heavy atom. The van der Waals surface area contributed by atoms with Crippen LogP contribution in [0.3, 0.4) is 0 Å². The van der Waals surface area contributed by atoms with Gasteiger partial charge in [0, 0.05) is 23.1 Å². The molecule has 0 radical (unpaired) electrons. The Morgan fingerprint density at radius 3 is 2.71 bits per heavy atom. The Hall–Kier alpha value is -0.870. The highest BCUT2D eigenvalue weighted by atomic mass is 79.9. The van der Waals surface area contributed by atoms with Gasteiger partial charge in [-0.3, -0.25) is 4.79 Å². The number of carbonyl (C=O) groups excluding carboxylic acids is 1. The van der Waals surface area contributed by atoms with Gasteiger partial charge in [0.1, 0.15) is 0 Å². The van der Waals surface area contributed by atoms with Crippen molar-refractivity contribution in [3.63, 3.8) is 0 Å². The molecule has 6 rings (SSSR count). The molecule has 1 aromatic carbocycles. The smallest absolute Gasteiger partial charge is 0.226 e. The number of aliphatic hydroxyl groups excluding tert-OH is 1. The average Bonchev–Trinajstić information content (AvgIpc) is 3.40. The van der Waals surface area contributed by atoms with Crippen molar-refractivity contribution in [2.75, 3.05) is 11.4 Å². The summed E-state index contributed by atoms with van der Waals surface area (Å²) in [4.78, 5) is 15.2. The summed E-state index contributed by atoms with van der Waals surface area (Å²) in [6, 6.07) is 6.36. The van der Waals surface area contributed by atoms with E-state index < -0.39 is 0 Å². The van der Waals surface area contributed by atoms with E-state index in [1.54, 1.807) is 0 Å². The lowest BCUT2D eigenvalue weighted by Crippen LogP contribution is -2.53. The van der Waals surface area contributed by atoms with Crippen molar-refractivity contribution in [3.8, 4) is 0 Å². The second-order valence-electron chi connectivity index (χ2n) is 13.4. The van der Waals surface area contributed by atoms with Gasteiger partial charge in [0.15, 0.2) is 0 Å². The summed E-state index contributed by atoms with van der Waals surface area (Å²) in [5.74, 6) is 4.51. The van der Waals surface area contributed by atoms with Crippen LogP contribution >= 0.6 is 15.9 Å². The van der Waals surface area contributed by atoms with Gasteiger partial charge in [0.05, 0.1) is 6.10 Å². The summed E-state index contributed by atoms with van der Waals surface area (Å²) in [6.45, 7) is 6.06. The molecule has 192 valence electrons.